The van der Waals surface area contributed by atoms with Gasteiger partial charge in [-0.05, 0) is 24.1 Å². The van der Waals surface area contributed by atoms with Crippen molar-refractivity contribution in [1.29, 1.82) is 5.26 Å². The molecule has 1 aromatic rings. The van der Waals surface area contributed by atoms with Crippen molar-refractivity contribution in [2.24, 2.45) is 0 Å². The summed E-state index contributed by atoms with van der Waals surface area (Å²) >= 11 is 0. The molecule has 0 aromatic heterocycles. The maximum absolute atomic E-state index is 10.8. The lowest BCUT2D eigenvalue weighted by atomic mass is 10.1. The fraction of sp³-hybridized carbons (Fsp3) is 0.467. The molecule has 5 nitrogen and oxygen atoms in total. The van der Waals surface area contributed by atoms with Gasteiger partial charge in [0.15, 0.2) is 0 Å². The Kier molecular flexibility index (Phi) is 7.15. The lowest BCUT2D eigenvalue weighted by Crippen LogP contribution is -2.32. The van der Waals surface area contributed by atoms with Gasteiger partial charge in [0.1, 0.15) is 11.8 Å². The standard InChI is InChI=1S/C15H21N3O2/c1-3-9-20-14-6-4-5-13(10-14)15(11-16)18-8-7-17-12(2)19/h4-6,10,15,18H,3,7-9H2,1-2H3,(H,17,19). The molecule has 0 heterocycles. The Bertz CT molecular complexity index is 468. The first-order valence-corrected chi connectivity index (χ1v) is 6.77. The van der Waals surface area contributed by atoms with Crippen LogP contribution in [0.1, 0.15) is 31.9 Å². The fourth-order valence-electron chi connectivity index (χ4n) is 1.70. The van der Waals surface area contributed by atoms with Gasteiger partial charge in [0.2, 0.25) is 5.91 Å². The highest BCUT2D eigenvalue weighted by atomic mass is 16.5. The molecule has 2 N–H and O–H groups in total. The van der Waals surface area contributed by atoms with Crippen molar-refractivity contribution in [2.45, 2.75) is 26.3 Å². The van der Waals surface area contributed by atoms with Gasteiger partial charge in [0, 0.05) is 20.0 Å². The molecule has 0 radical (unpaired) electrons. The van der Waals surface area contributed by atoms with Crippen LogP contribution in [0.2, 0.25) is 0 Å². The second kappa shape index (κ2) is 8.94. The van der Waals surface area contributed by atoms with Crippen LogP contribution < -0.4 is 15.4 Å². The molecule has 1 amide bonds. The van der Waals surface area contributed by atoms with Gasteiger partial charge in [-0.15, -0.1) is 0 Å². The van der Waals surface area contributed by atoms with Gasteiger partial charge < -0.3 is 10.1 Å². The highest BCUT2D eigenvalue weighted by Gasteiger charge is 2.10. The number of hydrogen-bond donors (Lipinski definition) is 2. The molecule has 0 aliphatic rings. The van der Waals surface area contributed by atoms with Crippen molar-refractivity contribution < 1.29 is 9.53 Å². The molecule has 0 fully saturated rings. The minimum absolute atomic E-state index is 0.0738. The number of ether oxygens (including phenoxy) is 1. The summed E-state index contributed by atoms with van der Waals surface area (Å²) in [6, 6.07) is 9.31. The first kappa shape index (κ1) is 16.0. The molecule has 1 aromatic carbocycles. The van der Waals surface area contributed by atoms with Crippen molar-refractivity contribution in [1.82, 2.24) is 10.6 Å². The van der Waals surface area contributed by atoms with Gasteiger partial charge in [-0.2, -0.15) is 5.26 Å². The van der Waals surface area contributed by atoms with Crippen LogP contribution in [0.15, 0.2) is 24.3 Å². The summed E-state index contributed by atoms with van der Waals surface area (Å²) in [6.07, 6.45) is 0.945. The Balaban J connectivity index is 2.56. The van der Waals surface area contributed by atoms with Crippen LogP contribution in [0.4, 0.5) is 0 Å². The van der Waals surface area contributed by atoms with E-state index < -0.39 is 6.04 Å². The maximum Gasteiger partial charge on any atom is 0.216 e. The van der Waals surface area contributed by atoms with E-state index in [1.165, 1.54) is 6.92 Å². The van der Waals surface area contributed by atoms with E-state index in [2.05, 4.69) is 16.7 Å². The molecule has 1 rings (SSSR count). The minimum atomic E-state index is -0.408. The third kappa shape index (κ3) is 5.72. The van der Waals surface area contributed by atoms with E-state index in [-0.39, 0.29) is 5.91 Å². The van der Waals surface area contributed by atoms with Gasteiger partial charge in [0.05, 0.1) is 12.7 Å². The van der Waals surface area contributed by atoms with Gasteiger partial charge in [-0.25, -0.2) is 0 Å². The largest absolute Gasteiger partial charge is 0.494 e. The molecular weight excluding hydrogens is 254 g/mol. The van der Waals surface area contributed by atoms with E-state index in [9.17, 15) is 10.1 Å². The number of rotatable bonds is 8. The number of nitriles is 1. The van der Waals surface area contributed by atoms with Crippen molar-refractivity contribution >= 4 is 5.91 Å². The second-order valence-corrected chi connectivity index (χ2v) is 4.42. The summed E-state index contributed by atoms with van der Waals surface area (Å²) in [7, 11) is 0. The van der Waals surface area contributed by atoms with Crippen molar-refractivity contribution in [3.63, 3.8) is 0 Å². The average Bonchev–Trinajstić information content (AvgIpc) is 2.45. The number of nitrogens with zero attached hydrogens (tertiary/aromatic N) is 1. The monoisotopic (exact) mass is 275 g/mol. The first-order chi connectivity index (χ1) is 9.67. The molecule has 0 saturated heterocycles. The minimum Gasteiger partial charge on any atom is -0.494 e. The quantitative estimate of drug-likeness (QED) is 0.709. The Morgan fingerprint density at radius 3 is 2.90 bits per heavy atom. The first-order valence-electron chi connectivity index (χ1n) is 6.77. The van der Waals surface area contributed by atoms with Gasteiger partial charge in [-0.3, -0.25) is 10.1 Å². The van der Waals surface area contributed by atoms with E-state index in [0.29, 0.717) is 19.7 Å². The highest BCUT2D eigenvalue weighted by Crippen LogP contribution is 2.19. The number of amides is 1. The molecule has 1 atom stereocenters. The lowest BCUT2D eigenvalue weighted by Gasteiger charge is -2.13. The molecule has 20 heavy (non-hydrogen) atoms. The molecule has 0 aliphatic carbocycles. The van der Waals surface area contributed by atoms with Crippen LogP contribution in [-0.2, 0) is 4.79 Å². The van der Waals surface area contributed by atoms with E-state index in [4.69, 9.17) is 4.74 Å². The second-order valence-electron chi connectivity index (χ2n) is 4.42. The van der Waals surface area contributed by atoms with Crippen LogP contribution in [0.25, 0.3) is 0 Å². The zero-order valence-electron chi connectivity index (χ0n) is 12.0. The molecule has 1 unspecified atom stereocenters. The van der Waals surface area contributed by atoms with Crippen LogP contribution in [-0.4, -0.2) is 25.6 Å². The molecule has 5 heteroatoms. The summed E-state index contributed by atoms with van der Waals surface area (Å²) in [4.78, 5) is 10.8. The SMILES string of the molecule is CCCOc1cccc(C(C#N)NCCNC(C)=O)c1. The summed E-state index contributed by atoms with van der Waals surface area (Å²) in [5, 5.41) is 15.0. The van der Waals surface area contributed by atoms with E-state index >= 15 is 0 Å². The number of carbonyl (C=O) groups is 1. The van der Waals surface area contributed by atoms with E-state index in [0.717, 1.165) is 17.7 Å². The average molecular weight is 275 g/mol. The van der Waals surface area contributed by atoms with E-state index in [1.807, 2.05) is 31.2 Å². The normalized spacial score (nSPS) is 11.4. The number of benzene rings is 1. The third-order valence-electron chi connectivity index (χ3n) is 2.64. The molecule has 0 spiro atoms. The zero-order valence-corrected chi connectivity index (χ0v) is 12.0. The molecule has 108 valence electrons. The van der Waals surface area contributed by atoms with E-state index in [1.54, 1.807) is 0 Å². The number of carbonyl (C=O) groups excluding carboxylic acids is 1. The van der Waals surface area contributed by atoms with Crippen molar-refractivity contribution in [2.75, 3.05) is 19.7 Å². The summed E-state index contributed by atoms with van der Waals surface area (Å²) in [6.45, 7) is 5.22. The predicted molar refractivity (Wildman–Crippen MR) is 77.3 cm³/mol. The Hall–Kier alpha value is -2.06. The van der Waals surface area contributed by atoms with Crippen LogP contribution in [0, 0.1) is 11.3 Å². The fourth-order valence-corrected chi connectivity index (χ4v) is 1.70. The number of nitrogens with one attached hydrogen (secondary N) is 2. The zero-order chi connectivity index (χ0) is 14.8. The molecule has 0 bridgehead atoms. The molecular formula is C15H21N3O2. The molecule has 0 aliphatic heterocycles. The molecule has 0 saturated carbocycles. The Morgan fingerprint density at radius 2 is 2.25 bits per heavy atom. The predicted octanol–water partition coefficient (Wildman–Crippen LogP) is 1.77. The van der Waals surface area contributed by atoms with Gasteiger partial charge in [-0.1, -0.05) is 19.1 Å². The Labute approximate surface area is 119 Å². The van der Waals surface area contributed by atoms with Gasteiger partial charge in [0.25, 0.3) is 0 Å². The van der Waals surface area contributed by atoms with Crippen LogP contribution in [0.3, 0.4) is 0 Å². The summed E-state index contributed by atoms with van der Waals surface area (Å²) < 4.78 is 5.55. The van der Waals surface area contributed by atoms with Crippen LogP contribution >= 0.6 is 0 Å². The summed E-state index contributed by atoms with van der Waals surface area (Å²) in [5.41, 5.74) is 0.865. The van der Waals surface area contributed by atoms with Gasteiger partial charge >= 0.3 is 0 Å². The van der Waals surface area contributed by atoms with Crippen molar-refractivity contribution in [3.8, 4) is 11.8 Å². The van der Waals surface area contributed by atoms with Crippen LogP contribution in [0.5, 0.6) is 5.75 Å². The lowest BCUT2D eigenvalue weighted by molar-refractivity contribution is -0.118. The third-order valence-corrected chi connectivity index (χ3v) is 2.64. The Morgan fingerprint density at radius 1 is 1.45 bits per heavy atom. The smallest absolute Gasteiger partial charge is 0.216 e. The summed E-state index contributed by atoms with van der Waals surface area (Å²) in [5.74, 6) is 0.698. The highest BCUT2D eigenvalue weighted by molar-refractivity contribution is 5.72. The topological polar surface area (TPSA) is 74.2 Å². The van der Waals surface area contributed by atoms with Crippen molar-refractivity contribution in [3.05, 3.63) is 29.8 Å². The maximum atomic E-state index is 10.8. The number of hydrogen-bond acceptors (Lipinski definition) is 4.